The molecule has 1 atom stereocenters. The molecule has 0 amide bonds. The first-order chi connectivity index (χ1) is 9.94. The number of aromatic nitrogens is 1. The van der Waals surface area contributed by atoms with Crippen molar-refractivity contribution in [2.75, 3.05) is 12.4 Å². The number of carbonyl (C=O) groups excluding carboxylic acids is 1. The van der Waals surface area contributed by atoms with Gasteiger partial charge in [-0.2, -0.15) is 0 Å². The summed E-state index contributed by atoms with van der Waals surface area (Å²) in [6, 6.07) is 7.89. The highest BCUT2D eigenvalue weighted by atomic mass is 32.2. The molecule has 0 bridgehead atoms. The van der Waals surface area contributed by atoms with Crippen molar-refractivity contribution in [1.82, 2.24) is 4.57 Å². The minimum Gasteiger partial charge on any atom is -0.443 e. The molecule has 1 aliphatic rings. The topological polar surface area (TPSA) is 43.8 Å². The molecular formula is C16H19NO3S. The molecule has 0 radical (unpaired) electrons. The Morgan fingerprint density at radius 1 is 1.43 bits per heavy atom. The maximum Gasteiger partial charge on any atom is 0.419 e. The maximum absolute atomic E-state index is 12.3. The summed E-state index contributed by atoms with van der Waals surface area (Å²) >= 11 is 1.72. The van der Waals surface area contributed by atoms with E-state index in [9.17, 15) is 4.79 Å². The van der Waals surface area contributed by atoms with Crippen LogP contribution in [0.2, 0.25) is 0 Å². The molecule has 112 valence electrons. The molecule has 1 saturated heterocycles. The van der Waals surface area contributed by atoms with E-state index in [2.05, 4.69) is 0 Å². The molecule has 1 aromatic heterocycles. The van der Waals surface area contributed by atoms with E-state index in [1.54, 1.807) is 16.3 Å². The molecule has 2 heterocycles. The molecule has 0 aliphatic carbocycles. The van der Waals surface area contributed by atoms with E-state index in [0.717, 1.165) is 28.2 Å². The lowest BCUT2D eigenvalue weighted by atomic mass is 10.2. The van der Waals surface area contributed by atoms with Crippen molar-refractivity contribution in [3.8, 4) is 0 Å². The summed E-state index contributed by atoms with van der Waals surface area (Å²) in [7, 11) is 0. The molecule has 0 saturated carbocycles. The summed E-state index contributed by atoms with van der Waals surface area (Å²) in [5.41, 5.74) is 0.378. The van der Waals surface area contributed by atoms with Crippen LogP contribution in [0.25, 0.3) is 10.9 Å². The van der Waals surface area contributed by atoms with Crippen molar-refractivity contribution in [1.29, 1.82) is 0 Å². The third-order valence-electron chi connectivity index (χ3n) is 3.09. The smallest absolute Gasteiger partial charge is 0.419 e. The van der Waals surface area contributed by atoms with Gasteiger partial charge in [0.2, 0.25) is 0 Å². The molecule has 1 unspecified atom stereocenters. The lowest BCUT2D eigenvalue weighted by Gasteiger charge is -2.19. The van der Waals surface area contributed by atoms with Gasteiger partial charge in [0.25, 0.3) is 0 Å². The summed E-state index contributed by atoms with van der Waals surface area (Å²) in [5.74, 6) is 0.919. The Bertz CT molecular complexity index is 668. The minimum atomic E-state index is -0.502. The van der Waals surface area contributed by atoms with E-state index < -0.39 is 5.60 Å². The molecule has 1 aliphatic heterocycles. The molecule has 4 nitrogen and oxygen atoms in total. The Morgan fingerprint density at radius 3 is 2.81 bits per heavy atom. The van der Waals surface area contributed by atoms with Crippen molar-refractivity contribution in [2.24, 2.45) is 0 Å². The monoisotopic (exact) mass is 305 g/mol. The van der Waals surface area contributed by atoms with Gasteiger partial charge in [0.05, 0.1) is 18.2 Å². The average Bonchev–Trinajstić information content (AvgIpc) is 3.15. The van der Waals surface area contributed by atoms with E-state index in [1.165, 1.54) is 0 Å². The lowest BCUT2D eigenvalue weighted by molar-refractivity contribution is 0.0544. The summed E-state index contributed by atoms with van der Waals surface area (Å²) in [4.78, 5) is 13.4. The number of rotatable bonds is 3. The first-order valence-corrected chi connectivity index (χ1v) is 8.00. The third kappa shape index (κ3) is 3.41. The lowest BCUT2D eigenvalue weighted by Crippen LogP contribution is -2.26. The van der Waals surface area contributed by atoms with Gasteiger partial charge in [-0.25, -0.2) is 4.79 Å². The van der Waals surface area contributed by atoms with Crippen LogP contribution in [0.3, 0.4) is 0 Å². The van der Waals surface area contributed by atoms with E-state index in [0.29, 0.717) is 6.10 Å². The number of thioether (sulfide) groups is 1. The fourth-order valence-electron chi connectivity index (χ4n) is 2.07. The largest absolute Gasteiger partial charge is 0.443 e. The van der Waals surface area contributed by atoms with E-state index in [-0.39, 0.29) is 6.09 Å². The standard InChI is InChI=1S/C16H19NO3S/c1-16(2,3)20-15(18)17-8-14(21-10-11-9-19-11)12-6-4-5-7-13(12)17/h4-8,11H,9-10H2,1-3H3. The zero-order valence-electron chi connectivity index (χ0n) is 12.5. The van der Waals surface area contributed by atoms with Gasteiger partial charge in [-0.15, -0.1) is 11.8 Å². The van der Waals surface area contributed by atoms with Gasteiger partial charge in [0.15, 0.2) is 0 Å². The highest BCUT2D eigenvalue weighted by Gasteiger charge is 2.24. The van der Waals surface area contributed by atoms with Gasteiger partial charge in [0, 0.05) is 22.2 Å². The first kappa shape index (κ1) is 14.5. The molecule has 21 heavy (non-hydrogen) atoms. The SMILES string of the molecule is CC(C)(C)OC(=O)n1cc(SCC2CO2)c2ccccc21. The molecule has 3 rings (SSSR count). The van der Waals surface area contributed by atoms with Crippen LogP contribution in [0.4, 0.5) is 4.79 Å². The second kappa shape index (κ2) is 5.39. The van der Waals surface area contributed by atoms with Gasteiger partial charge in [-0.3, -0.25) is 4.57 Å². The van der Waals surface area contributed by atoms with E-state index in [4.69, 9.17) is 9.47 Å². The molecule has 2 aromatic rings. The van der Waals surface area contributed by atoms with Crippen LogP contribution in [0.15, 0.2) is 35.4 Å². The quantitative estimate of drug-likeness (QED) is 0.637. The number of ether oxygens (including phenoxy) is 2. The number of benzene rings is 1. The number of nitrogens with zero attached hydrogens (tertiary/aromatic N) is 1. The summed E-state index contributed by atoms with van der Waals surface area (Å²) in [6.45, 7) is 6.46. The predicted octanol–water partition coefficient (Wildman–Crippen LogP) is 3.92. The van der Waals surface area contributed by atoms with Crippen molar-refractivity contribution in [2.45, 2.75) is 37.4 Å². The molecule has 0 spiro atoms. The number of carbonyl (C=O) groups is 1. The summed E-state index contributed by atoms with van der Waals surface area (Å²) in [6.07, 6.45) is 1.89. The predicted molar refractivity (Wildman–Crippen MR) is 84.0 cm³/mol. The normalized spacial score (nSPS) is 18.0. The highest BCUT2D eigenvalue weighted by Crippen LogP contribution is 2.32. The van der Waals surface area contributed by atoms with Crippen molar-refractivity contribution >= 4 is 28.8 Å². The summed E-state index contributed by atoms with van der Waals surface area (Å²) in [5, 5.41) is 1.08. The Morgan fingerprint density at radius 2 is 2.14 bits per heavy atom. The summed E-state index contributed by atoms with van der Waals surface area (Å²) < 4.78 is 12.3. The fraction of sp³-hybridized carbons (Fsp3) is 0.438. The molecule has 1 aromatic carbocycles. The Hall–Kier alpha value is -1.46. The highest BCUT2D eigenvalue weighted by molar-refractivity contribution is 7.99. The molecular weight excluding hydrogens is 286 g/mol. The van der Waals surface area contributed by atoms with Crippen molar-refractivity contribution in [3.05, 3.63) is 30.5 Å². The van der Waals surface area contributed by atoms with Gasteiger partial charge in [0.1, 0.15) is 5.60 Å². The van der Waals surface area contributed by atoms with E-state index >= 15 is 0 Å². The van der Waals surface area contributed by atoms with Gasteiger partial charge in [-0.1, -0.05) is 18.2 Å². The van der Waals surface area contributed by atoms with Crippen LogP contribution in [0.1, 0.15) is 20.8 Å². The first-order valence-electron chi connectivity index (χ1n) is 7.02. The molecule has 1 fully saturated rings. The zero-order chi connectivity index (χ0) is 15.0. The minimum absolute atomic E-state index is 0.340. The molecule has 5 heteroatoms. The van der Waals surface area contributed by atoms with Crippen molar-refractivity contribution < 1.29 is 14.3 Å². The van der Waals surface area contributed by atoms with Gasteiger partial charge < -0.3 is 9.47 Å². The second-order valence-electron chi connectivity index (χ2n) is 6.13. The number of fused-ring (bicyclic) bond motifs is 1. The Labute approximate surface area is 128 Å². The van der Waals surface area contributed by atoms with E-state index in [1.807, 2.05) is 51.2 Å². The van der Waals surface area contributed by atoms with Gasteiger partial charge in [-0.05, 0) is 26.8 Å². The number of hydrogen-bond acceptors (Lipinski definition) is 4. The van der Waals surface area contributed by atoms with Crippen molar-refractivity contribution in [3.63, 3.8) is 0 Å². The number of epoxide rings is 1. The Kier molecular flexibility index (Phi) is 3.71. The zero-order valence-corrected chi connectivity index (χ0v) is 13.3. The van der Waals surface area contributed by atoms with Crippen LogP contribution >= 0.6 is 11.8 Å². The fourth-order valence-corrected chi connectivity index (χ4v) is 3.14. The number of hydrogen-bond donors (Lipinski definition) is 0. The Balaban J connectivity index is 1.92. The van der Waals surface area contributed by atoms with Crippen LogP contribution < -0.4 is 0 Å². The number of para-hydroxylation sites is 1. The average molecular weight is 305 g/mol. The third-order valence-corrected chi connectivity index (χ3v) is 4.27. The van der Waals surface area contributed by atoms with Crippen LogP contribution in [0, 0.1) is 0 Å². The molecule has 0 N–H and O–H groups in total. The second-order valence-corrected chi connectivity index (χ2v) is 7.19. The van der Waals surface area contributed by atoms with Gasteiger partial charge >= 0.3 is 6.09 Å². The van der Waals surface area contributed by atoms with Crippen LogP contribution in [-0.2, 0) is 9.47 Å². The maximum atomic E-state index is 12.3. The van der Waals surface area contributed by atoms with Crippen LogP contribution in [-0.4, -0.2) is 34.7 Å². The van der Waals surface area contributed by atoms with Crippen LogP contribution in [0.5, 0.6) is 0 Å².